The predicted octanol–water partition coefficient (Wildman–Crippen LogP) is 6.12. The first kappa shape index (κ1) is 22.5. The summed E-state index contributed by atoms with van der Waals surface area (Å²) < 4.78 is 1.76. The van der Waals surface area contributed by atoms with E-state index in [0.717, 1.165) is 25.0 Å². The smallest absolute Gasteiger partial charge is 0.273 e. The molecule has 1 saturated heterocycles. The van der Waals surface area contributed by atoms with E-state index in [2.05, 4.69) is 37.2 Å². The Hall–Kier alpha value is -2.74. The Labute approximate surface area is 206 Å². The minimum absolute atomic E-state index is 0.156. The highest BCUT2D eigenvalue weighted by Crippen LogP contribution is 2.30. The first-order valence-corrected chi connectivity index (χ1v) is 11.5. The molecular weight excluding hydrogens is 560 g/mol. The van der Waals surface area contributed by atoms with Gasteiger partial charge in [-0.15, -0.1) is 0 Å². The van der Waals surface area contributed by atoms with Gasteiger partial charge in [-0.1, -0.05) is 79.9 Å². The maximum Gasteiger partial charge on any atom is 0.335 e. The van der Waals surface area contributed by atoms with E-state index >= 15 is 0 Å². The van der Waals surface area contributed by atoms with Crippen LogP contribution < -0.4 is 10.2 Å². The number of nitrogens with one attached hydrogen (secondary N) is 1. The van der Waals surface area contributed by atoms with Gasteiger partial charge in [0.15, 0.2) is 0 Å². The third-order valence-electron chi connectivity index (χ3n) is 4.94. The second-order valence-electron chi connectivity index (χ2n) is 7.02. The Bertz CT molecular complexity index is 1290. The molecule has 1 aliphatic rings. The molecule has 3 aromatic rings. The van der Waals surface area contributed by atoms with Crippen molar-refractivity contribution in [2.24, 2.45) is 0 Å². The Kier molecular flexibility index (Phi) is 6.60. The van der Waals surface area contributed by atoms with Crippen molar-refractivity contribution in [2.75, 3.05) is 4.90 Å². The zero-order chi connectivity index (χ0) is 22.8. The number of hydrogen-bond acceptors (Lipinski definition) is 3. The standard InChI is InChI=1S/C24H15Br2ClN2O3/c25-17-10-9-14(11-15-5-1-2-6-19(15)26)16(12-17)13-18-22(30)28-24(32)29(23(18)31)21-8-4-3-7-20(21)27/h1-10,12-13H,11H2,(H,28,30,32)/b18-13+. The zero-order valence-corrected chi connectivity index (χ0v) is 20.4. The molecule has 0 bridgehead atoms. The number of benzene rings is 3. The fraction of sp³-hybridized carbons (Fsp3) is 0.0417. The largest absolute Gasteiger partial charge is 0.335 e. The summed E-state index contributed by atoms with van der Waals surface area (Å²) in [7, 11) is 0. The molecule has 1 N–H and O–H groups in total. The summed E-state index contributed by atoms with van der Waals surface area (Å²) in [6.45, 7) is 0. The fourth-order valence-electron chi connectivity index (χ4n) is 3.37. The monoisotopic (exact) mass is 572 g/mol. The van der Waals surface area contributed by atoms with Gasteiger partial charge < -0.3 is 0 Å². The number of anilines is 1. The normalized spacial score (nSPS) is 15.3. The lowest BCUT2D eigenvalue weighted by Gasteiger charge is -2.27. The lowest BCUT2D eigenvalue weighted by molar-refractivity contribution is -0.122. The van der Waals surface area contributed by atoms with Crippen LogP contribution in [0, 0.1) is 0 Å². The zero-order valence-electron chi connectivity index (χ0n) is 16.4. The van der Waals surface area contributed by atoms with E-state index in [4.69, 9.17) is 11.6 Å². The van der Waals surface area contributed by atoms with E-state index in [1.165, 1.54) is 6.08 Å². The van der Waals surface area contributed by atoms with Gasteiger partial charge in [-0.2, -0.15) is 0 Å². The quantitative estimate of drug-likeness (QED) is 0.302. The molecule has 0 aliphatic carbocycles. The topological polar surface area (TPSA) is 66.5 Å². The third kappa shape index (κ3) is 4.55. The lowest BCUT2D eigenvalue weighted by Crippen LogP contribution is -2.54. The van der Waals surface area contributed by atoms with Crippen LogP contribution in [0.25, 0.3) is 6.08 Å². The number of urea groups is 1. The highest BCUT2D eigenvalue weighted by atomic mass is 79.9. The number of nitrogens with zero attached hydrogens (tertiary/aromatic N) is 1. The third-order valence-corrected chi connectivity index (χ3v) is 6.53. The average molecular weight is 575 g/mol. The second-order valence-corrected chi connectivity index (χ2v) is 9.20. The molecule has 8 heteroatoms. The predicted molar refractivity (Wildman–Crippen MR) is 132 cm³/mol. The average Bonchev–Trinajstić information content (AvgIpc) is 2.75. The maximum absolute atomic E-state index is 13.2. The summed E-state index contributed by atoms with van der Waals surface area (Å²) in [5.41, 5.74) is 2.70. The van der Waals surface area contributed by atoms with Gasteiger partial charge >= 0.3 is 6.03 Å². The molecular formula is C24H15Br2ClN2O3. The summed E-state index contributed by atoms with van der Waals surface area (Å²) in [5.74, 6) is -1.49. The van der Waals surface area contributed by atoms with Crippen LogP contribution in [0.3, 0.4) is 0 Å². The van der Waals surface area contributed by atoms with E-state index in [9.17, 15) is 14.4 Å². The Morgan fingerprint density at radius 2 is 1.62 bits per heavy atom. The number of hydrogen-bond donors (Lipinski definition) is 1. The lowest BCUT2D eigenvalue weighted by atomic mass is 9.97. The first-order chi connectivity index (χ1) is 15.3. The molecule has 160 valence electrons. The van der Waals surface area contributed by atoms with Crippen LogP contribution in [-0.2, 0) is 16.0 Å². The van der Waals surface area contributed by atoms with E-state index in [1.54, 1.807) is 24.3 Å². The summed E-state index contributed by atoms with van der Waals surface area (Å²) in [4.78, 5) is 39.1. The Balaban J connectivity index is 1.77. The molecule has 1 heterocycles. The number of carbonyl (C=O) groups is 3. The molecule has 4 rings (SSSR count). The number of para-hydroxylation sites is 1. The van der Waals surface area contributed by atoms with Crippen LogP contribution in [0.4, 0.5) is 10.5 Å². The van der Waals surface area contributed by atoms with Crippen molar-refractivity contribution in [1.82, 2.24) is 5.32 Å². The summed E-state index contributed by atoms with van der Waals surface area (Å²) in [6.07, 6.45) is 2.08. The van der Waals surface area contributed by atoms with Gasteiger partial charge in [-0.3, -0.25) is 14.9 Å². The second kappa shape index (κ2) is 9.40. The first-order valence-electron chi connectivity index (χ1n) is 9.53. The molecule has 3 aromatic carbocycles. The minimum atomic E-state index is -0.840. The number of rotatable bonds is 4. The number of barbiturate groups is 1. The highest BCUT2D eigenvalue weighted by molar-refractivity contribution is 9.10. The van der Waals surface area contributed by atoms with E-state index in [0.29, 0.717) is 12.0 Å². The van der Waals surface area contributed by atoms with E-state index in [-0.39, 0.29) is 16.3 Å². The van der Waals surface area contributed by atoms with Crippen molar-refractivity contribution in [1.29, 1.82) is 0 Å². The fourth-order valence-corrected chi connectivity index (χ4v) is 4.40. The SMILES string of the molecule is O=C1NC(=O)N(c2ccccc2Cl)C(=O)/C1=C/c1cc(Br)ccc1Cc1ccccc1Br. The van der Waals surface area contributed by atoms with E-state index in [1.807, 2.05) is 42.5 Å². The van der Waals surface area contributed by atoms with Crippen molar-refractivity contribution in [3.05, 3.63) is 103 Å². The van der Waals surface area contributed by atoms with Crippen LogP contribution in [0.15, 0.2) is 81.2 Å². The van der Waals surface area contributed by atoms with Crippen LogP contribution in [0.2, 0.25) is 5.02 Å². The minimum Gasteiger partial charge on any atom is -0.273 e. The Morgan fingerprint density at radius 3 is 2.38 bits per heavy atom. The van der Waals surface area contributed by atoms with Crippen molar-refractivity contribution in [3.8, 4) is 0 Å². The molecule has 0 atom stereocenters. The molecule has 0 aromatic heterocycles. The molecule has 5 nitrogen and oxygen atoms in total. The maximum atomic E-state index is 13.2. The van der Waals surface area contributed by atoms with Crippen molar-refractivity contribution >= 4 is 73.1 Å². The van der Waals surface area contributed by atoms with Crippen LogP contribution in [0.1, 0.15) is 16.7 Å². The molecule has 0 radical (unpaired) electrons. The van der Waals surface area contributed by atoms with Crippen LogP contribution >= 0.6 is 43.5 Å². The summed E-state index contributed by atoms with van der Waals surface area (Å²) >= 11 is 13.2. The van der Waals surface area contributed by atoms with Gasteiger partial charge in [-0.05, 0) is 59.5 Å². The molecule has 0 unspecified atom stereocenters. The summed E-state index contributed by atoms with van der Waals surface area (Å²) in [5, 5.41) is 2.45. The number of carbonyl (C=O) groups excluding carboxylic acids is 3. The molecule has 1 fully saturated rings. The van der Waals surface area contributed by atoms with Gasteiger partial charge in [0.25, 0.3) is 11.8 Å². The van der Waals surface area contributed by atoms with Gasteiger partial charge in [0, 0.05) is 8.95 Å². The van der Waals surface area contributed by atoms with Crippen molar-refractivity contribution in [3.63, 3.8) is 0 Å². The molecule has 1 aliphatic heterocycles. The van der Waals surface area contributed by atoms with Gasteiger partial charge in [0.1, 0.15) is 5.57 Å². The molecule has 0 spiro atoms. The van der Waals surface area contributed by atoms with Gasteiger partial charge in [0.2, 0.25) is 0 Å². The van der Waals surface area contributed by atoms with Gasteiger partial charge in [0.05, 0.1) is 10.7 Å². The molecule has 32 heavy (non-hydrogen) atoms. The number of halogens is 3. The summed E-state index contributed by atoms with van der Waals surface area (Å²) in [6, 6.07) is 19.1. The van der Waals surface area contributed by atoms with Crippen LogP contribution in [0.5, 0.6) is 0 Å². The molecule has 4 amide bonds. The van der Waals surface area contributed by atoms with Crippen molar-refractivity contribution in [2.45, 2.75) is 6.42 Å². The van der Waals surface area contributed by atoms with Crippen LogP contribution in [-0.4, -0.2) is 17.8 Å². The van der Waals surface area contributed by atoms with E-state index < -0.39 is 17.8 Å². The number of amides is 4. The van der Waals surface area contributed by atoms with Crippen molar-refractivity contribution < 1.29 is 14.4 Å². The van der Waals surface area contributed by atoms with Gasteiger partial charge in [-0.25, -0.2) is 9.69 Å². The Morgan fingerprint density at radius 1 is 0.906 bits per heavy atom. The molecule has 0 saturated carbocycles. The highest BCUT2D eigenvalue weighted by Gasteiger charge is 2.37. The number of imide groups is 2.